The van der Waals surface area contributed by atoms with Crippen molar-refractivity contribution in [3.05, 3.63) is 165 Å². The Morgan fingerprint density at radius 1 is 0.426 bits per heavy atom. The minimum atomic E-state index is -4.39. The van der Waals surface area contributed by atoms with Gasteiger partial charge in [0, 0.05) is 34.4 Å². The van der Waals surface area contributed by atoms with Crippen molar-refractivity contribution < 1.29 is 43.5 Å². The molecule has 2 aliphatic carbocycles. The van der Waals surface area contributed by atoms with Crippen molar-refractivity contribution in [3.8, 4) is 0 Å². The fourth-order valence-electron chi connectivity index (χ4n) is 5.84. The van der Waals surface area contributed by atoms with E-state index < -0.39 is 79.0 Å². The molecule has 240 valence electrons. The normalized spacial score (nSPS) is 14.6. The van der Waals surface area contributed by atoms with Crippen LogP contribution in [0.1, 0.15) is 46.2 Å². The molecule has 0 aromatic heterocycles. The van der Waals surface area contributed by atoms with Gasteiger partial charge in [0.25, 0.3) is 0 Å². The summed E-state index contributed by atoms with van der Waals surface area (Å²) in [5.74, 6) is -9.70. The van der Waals surface area contributed by atoms with E-state index in [4.69, 9.17) is 0 Å². The molecule has 0 amide bonds. The Morgan fingerprint density at radius 3 is 1.13 bits per heavy atom. The molecule has 4 aromatic rings. The summed E-state index contributed by atoms with van der Waals surface area (Å²) in [6, 6.07) is 8.44. The first kappa shape index (κ1) is 32.2. The molecule has 11 heteroatoms. The Morgan fingerprint density at radius 2 is 0.766 bits per heavy atom. The lowest BCUT2D eigenvalue weighted by atomic mass is 9.93. The maximum Gasteiger partial charge on any atom is 0.158 e. The summed E-state index contributed by atoms with van der Waals surface area (Å²) in [5.41, 5.74) is -0.546. The van der Waals surface area contributed by atoms with E-state index in [1.165, 1.54) is 12.2 Å². The van der Waals surface area contributed by atoms with Crippen LogP contribution in [0.5, 0.6) is 0 Å². The zero-order chi connectivity index (χ0) is 33.6. The van der Waals surface area contributed by atoms with Crippen molar-refractivity contribution in [1.82, 2.24) is 0 Å². The van der Waals surface area contributed by atoms with Crippen molar-refractivity contribution in [2.24, 2.45) is 0 Å². The number of rotatable bonds is 8. The van der Waals surface area contributed by atoms with Crippen LogP contribution in [0.25, 0.3) is 22.3 Å². The minimum absolute atomic E-state index is 0.109. The third-order valence-corrected chi connectivity index (χ3v) is 9.32. The van der Waals surface area contributed by atoms with Crippen LogP contribution in [0.3, 0.4) is 0 Å². The molecule has 2 nitrogen and oxygen atoms in total. The van der Waals surface area contributed by atoms with E-state index in [0.29, 0.717) is 24.3 Å². The highest BCUT2D eigenvalue weighted by Crippen LogP contribution is 2.40. The fourth-order valence-corrected chi connectivity index (χ4v) is 7.33. The Hall–Kier alpha value is -4.77. The van der Waals surface area contributed by atoms with Crippen LogP contribution in [-0.4, -0.2) is 8.42 Å². The molecule has 6 rings (SSSR count). The quantitative estimate of drug-likeness (QED) is 0.175. The molecule has 0 unspecified atom stereocenters. The van der Waals surface area contributed by atoms with Gasteiger partial charge >= 0.3 is 0 Å². The minimum Gasteiger partial charge on any atom is -0.228 e. The summed E-state index contributed by atoms with van der Waals surface area (Å²) in [4.78, 5) is 0. The first-order valence-electron chi connectivity index (χ1n) is 14.2. The molecular formula is C36H22F8O2S. The van der Waals surface area contributed by atoms with Crippen molar-refractivity contribution in [2.75, 3.05) is 0 Å². The molecule has 0 heterocycles. The number of allylic oxidation sites excluding steroid dienone is 8. The molecule has 0 saturated heterocycles. The van der Waals surface area contributed by atoms with Gasteiger partial charge in [-0.1, -0.05) is 24.3 Å². The molecular weight excluding hydrogens is 648 g/mol. The summed E-state index contributed by atoms with van der Waals surface area (Å²) in [7, 11) is -4.39. The van der Waals surface area contributed by atoms with Gasteiger partial charge in [-0.2, -0.15) is 0 Å². The second-order valence-corrected chi connectivity index (χ2v) is 13.2. The van der Waals surface area contributed by atoms with Gasteiger partial charge in [-0.15, -0.1) is 0 Å². The van der Waals surface area contributed by atoms with Gasteiger partial charge in [-0.3, -0.25) is 0 Å². The predicted molar refractivity (Wildman–Crippen MR) is 163 cm³/mol. The zero-order valence-electron chi connectivity index (χ0n) is 24.2. The smallest absolute Gasteiger partial charge is 0.158 e. The van der Waals surface area contributed by atoms with Crippen molar-refractivity contribution in [1.29, 1.82) is 0 Å². The van der Waals surface area contributed by atoms with Crippen LogP contribution in [-0.2, 0) is 21.3 Å². The standard InChI is InChI=1S/C36H22F8O2S/c37-23-7-19(8-24(38)13-23)27-3-1-5-29(27)31-15-33(41)21(11-35(31)43)17-47(45,46)18-22-12-36(44)32(16-34(22)42)30-6-2-4-28(30)20-9-25(39)14-26(40)10-20/h3-16H,1-2,17-18H2. The molecule has 0 radical (unpaired) electrons. The third-order valence-electron chi connectivity index (χ3n) is 7.82. The predicted octanol–water partition coefficient (Wildman–Crippen LogP) is 9.66. The molecule has 0 bridgehead atoms. The highest BCUT2D eigenvalue weighted by molar-refractivity contribution is 7.89. The van der Waals surface area contributed by atoms with Gasteiger partial charge < -0.3 is 0 Å². The first-order valence-corrected chi connectivity index (χ1v) is 16.0. The van der Waals surface area contributed by atoms with E-state index in [2.05, 4.69) is 0 Å². The van der Waals surface area contributed by atoms with Crippen LogP contribution in [0.2, 0.25) is 0 Å². The number of benzene rings is 4. The summed E-state index contributed by atoms with van der Waals surface area (Å²) < 4.78 is 142. The lowest BCUT2D eigenvalue weighted by Gasteiger charge is -2.14. The van der Waals surface area contributed by atoms with Crippen LogP contribution in [0.15, 0.2) is 85.0 Å². The maximum absolute atomic E-state index is 15.3. The Balaban J connectivity index is 1.22. The summed E-state index contributed by atoms with van der Waals surface area (Å²) in [6.07, 6.45) is 6.78. The topological polar surface area (TPSA) is 34.1 Å². The van der Waals surface area contributed by atoms with E-state index in [1.807, 2.05) is 0 Å². The molecule has 47 heavy (non-hydrogen) atoms. The van der Waals surface area contributed by atoms with Crippen LogP contribution < -0.4 is 0 Å². The number of halogens is 8. The van der Waals surface area contributed by atoms with E-state index in [9.17, 15) is 26.0 Å². The van der Waals surface area contributed by atoms with E-state index >= 15 is 17.6 Å². The second kappa shape index (κ2) is 12.4. The largest absolute Gasteiger partial charge is 0.228 e. The summed E-state index contributed by atoms with van der Waals surface area (Å²) in [6.45, 7) is 0. The SMILES string of the molecule is O=S(=O)(Cc1cc(F)c(C2=CCC=C2c2cc(F)cc(F)c2)cc1F)Cc1cc(F)c(C2=CCC=C2c2cc(F)cc(F)c2)cc1F. The van der Waals surface area contributed by atoms with Crippen molar-refractivity contribution in [3.63, 3.8) is 0 Å². The molecule has 0 N–H and O–H groups in total. The molecule has 0 atom stereocenters. The molecule has 2 aliphatic rings. The summed E-state index contributed by atoms with van der Waals surface area (Å²) in [5, 5.41) is 0. The molecule has 0 spiro atoms. The highest BCUT2D eigenvalue weighted by atomic mass is 32.2. The fraction of sp³-hybridized carbons (Fsp3) is 0.111. The van der Waals surface area contributed by atoms with Gasteiger partial charge in [0.1, 0.15) is 46.5 Å². The van der Waals surface area contributed by atoms with Crippen LogP contribution in [0, 0.1) is 46.5 Å². The van der Waals surface area contributed by atoms with E-state index in [1.54, 1.807) is 12.2 Å². The van der Waals surface area contributed by atoms with E-state index in [-0.39, 0.29) is 57.4 Å². The van der Waals surface area contributed by atoms with Gasteiger partial charge in [-0.05, 0) is 94.8 Å². The van der Waals surface area contributed by atoms with Crippen LogP contribution in [0.4, 0.5) is 35.1 Å². The lowest BCUT2D eigenvalue weighted by molar-refractivity contribution is 0.570. The Bertz CT molecular complexity index is 2010. The Labute approximate surface area is 264 Å². The lowest BCUT2D eigenvalue weighted by Crippen LogP contribution is -2.12. The van der Waals surface area contributed by atoms with Crippen LogP contribution >= 0.6 is 0 Å². The third kappa shape index (κ3) is 6.71. The second-order valence-electron chi connectivity index (χ2n) is 11.1. The zero-order valence-corrected chi connectivity index (χ0v) is 25.0. The highest BCUT2D eigenvalue weighted by Gasteiger charge is 2.26. The van der Waals surface area contributed by atoms with Crippen molar-refractivity contribution in [2.45, 2.75) is 24.3 Å². The van der Waals surface area contributed by atoms with Crippen molar-refractivity contribution >= 4 is 32.1 Å². The van der Waals surface area contributed by atoms with Gasteiger partial charge in [0.2, 0.25) is 0 Å². The van der Waals surface area contributed by atoms with Gasteiger partial charge in [-0.25, -0.2) is 43.5 Å². The Kier molecular flexibility index (Phi) is 8.52. The monoisotopic (exact) mass is 670 g/mol. The number of sulfone groups is 1. The molecule has 0 fully saturated rings. The number of hydrogen-bond donors (Lipinski definition) is 0. The summed E-state index contributed by atoms with van der Waals surface area (Å²) >= 11 is 0. The average molecular weight is 671 g/mol. The van der Waals surface area contributed by atoms with Gasteiger partial charge in [0.05, 0.1) is 11.5 Å². The molecule has 4 aromatic carbocycles. The molecule has 0 aliphatic heterocycles. The van der Waals surface area contributed by atoms with Gasteiger partial charge in [0.15, 0.2) is 9.84 Å². The van der Waals surface area contributed by atoms with E-state index in [0.717, 1.165) is 36.4 Å². The maximum atomic E-state index is 15.3. The first-order chi connectivity index (χ1) is 22.3. The molecule has 0 saturated carbocycles. The average Bonchev–Trinajstić information content (AvgIpc) is 3.66. The number of hydrogen-bond acceptors (Lipinski definition) is 2.